The third-order valence-electron chi connectivity index (χ3n) is 5.33. The summed E-state index contributed by atoms with van der Waals surface area (Å²) < 4.78 is 11.9. The third-order valence-corrected chi connectivity index (χ3v) is 6.66. The lowest BCUT2D eigenvalue weighted by Crippen LogP contribution is -2.31. The molecule has 32 heavy (non-hydrogen) atoms. The van der Waals surface area contributed by atoms with Crippen molar-refractivity contribution in [1.29, 1.82) is 0 Å². The number of Topliss-reactive ketones (excluding diaryl/α,β-unsaturated/α-hetero) is 1. The van der Waals surface area contributed by atoms with E-state index in [1.54, 1.807) is 42.5 Å². The summed E-state index contributed by atoms with van der Waals surface area (Å²) >= 11 is 24.4. The van der Waals surface area contributed by atoms with Gasteiger partial charge in [-0.05, 0) is 53.6 Å². The van der Waals surface area contributed by atoms with E-state index in [4.69, 9.17) is 55.9 Å². The second-order valence-electron chi connectivity index (χ2n) is 7.53. The number of rotatable bonds is 3. The summed E-state index contributed by atoms with van der Waals surface area (Å²) in [5.74, 6) is 1.26. The Kier molecular flexibility index (Phi) is 5.82. The number of carbonyl (C=O) groups excluding carboxylic acids is 1. The second-order valence-corrected chi connectivity index (χ2v) is 9.19. The highest BCUT2D eigenvalue weighted by Crippen LogP contribution is 2.42. The van der Waals surface area contributed by atoms with Gasteiger partial charge in [0.2, 0.25) is 5.78 Å². The van der Waals surface area contributed by atoms with Gasteiger partial charge in [0.1, 0.15) is 18.2 Å². The normalized spacial score (nSPS) is 16.5. The highest BCUT2D eigenvalue weighted by atomic mass is 35.5. The van der Waals surface area contributed by atoms with E-state index in [2.05, 4.69) is 4.90 Å². The molecule has 0 spiro atoms. The number of hydrogen-bond donors (Lipinski definition) is 0. The topological polar surface area (TPSA) is 38.8 Å². The predicted octanol–water partition coefficient (Wildman–Crippen LogP) is 7.27. The SMILES string of the molecule is O=C1/C(=C/c2ccc(Cl)c(Cl)c2)Oc2c1ccc1c2CN(Cc2ccc(Cl)cc2Cl)CO1. The number of carbonyl (C=O) groups is 1. The van der Waals surface area contributed by atoms with Crippen molar-refractivity contribution in [1.82, 2.24) is 4.90 Å². The van der Waals surface area contributed by atoms with E-state index in [9.17, 15) is 4.79 Å². The Bertz CT molecular complexity index is 1290. The van der Waals surface area contributed by atoms with Gasteiger partial charge in [-0.25, -0.2) is 0 Å². The minimum Gasteiger partial charge on any atom is -0.478 e. The molecule has 8 heteroatoms. The molecule has 162 valence electrons. The molecule has 0 amide bonds. The minimum atomic E-state index is -0.188. The Labute approximate surface area is 204 Å². The van der Waals surface area contributed by atoms with Crippen molar-refractivity contribution in [3.8, 4) is 11.5 Å². The summed E-state index contributed by atoms with van der Waals surface area (Å²) in [7, 11) is 0. The van der Waals surface area contributed by atoms with E-state index in [0.29, 0.717) is 57.0 Å². The number of ether oxygens (including phenoxy) is 2. The number of nitrogens with zero attached hydrogens (tertiary/aromatic N) is 1. The number of ketones is 1. The largest absolute Gasteiger partial charge is 0.478 e. The second kappa shape index (κ2) is 8.62. The summed E-state index contributed by atoms with van der Waals surface area (Å²) in [6.45, 7) is 1.51. The maximum absolute atomic E-state index is 13.0. The number of allylic oxidation sites excluding steroid dienone is 1. The van der Waals surface area contributed by atoms with Crippen molar-refractivity contribution in [2.24, 2.45) is 0 Å². The van der Waals surface area contributed by atoms with Crippen LogP contribution < -0.4 is 9.47 Å². The zero-order valence-electron chi connectivity index (χ0n) is 16.5. The number of benzene rings is 3. The first kappa shape index (κ1) is 21.6. The van der Waals surface area contributed by atoms with Crippen molar-refractivity contribution in [3.63, 3.8) is 0 Å². The van der Waals surface area contributed by atoms with Crippen LogP contribution in [0, 0.1) is 0 Å². The Hall–Kier alpha value is -2.21. The van der Waals surface area contributed by atoms with Crippen LogP contribution in [0.15, 0.2) is 54.3 Å². The molecule has 0 saturated heterocycles. The van der Waals surface area contributed by atoms with E-state index in [1.807, 2.05) is 12.1 Å². The van der Waals surface area contributed by atoms with E-state index in [-0.39, 0.29) is 11.5 Å². The van der Waals surface area contributed by atoms with Gasteiger partial charge in [0.05, 0.1) is 21.2 Å². The van der Waals surface area contributed by atoms with Gasteiger partial charge in [0.25, 0.3) is 0 Å². The highest BCUT2D eigenvalue weighted by molar-refractivity contribution is 6.42. The lowest BCUT2D eigenvalue weighted by Gasteiger charge is -2.30. The molecule has 0 saturated carbocycles. The van der Waals surface area contributed by atoms with Crippen LogP contribution in [0.3, 0.4) is 0 Å². The molecule has 2 heterocycles. The molecule has 0 N–H and O–H groups in total. The predicted molar refractivity (Wildman–Crippen MR) is 127 cm³/mol. The van der Waals surface area contributed by atoms with Crippen molar-refractivity contribution >= 4 is 58.3 Å². The maximum atomic E-state index is 13.0. The van der Waals surface area contributed by atoms with E-state index in [1.165, 1.54) is 0 Å². The molecule has 0 bridgehead atoms. The summed E-state index contributed by atoms with van der Waals surface area (Å²) in [4.78, 5) is 15.0. The average molecular weight is 507 g/mol. The summed E-state index contributed by atoms with van der Waals surface area (Å²) in [6, 6.07) is 14.1. The quantitative estimate of drug-likeness (QED) is 0.350. The van der Waals surface area contributed by atoms with Gasteiger partial charge in [-0.15, -0.1) is 0 Å². The van der Waals surface area contributed by atoms with Gasteiger partial charge >= 0.3 is 0 Å². The van der Waals surface area contributed by atoms with Gasteiger partial charge in [0, 0.05) is 23.1 Å². The molecule has 4 nitrogen and oxygen atoms in total. The number of hydrogen-bond acceptors (Lipinski definition) is 4. The van der Waals surface area contributed by atoms with E-state index in [0.717, 1.165) is 16.7 Å². The van der Waals surface area contributed by atoms with Crippen LogP contribution in [0.2, 0.25) is 20.1 Å². The lowest BCUT2D eigenvalue weighted by atomic mass is 10.0. The first-order chi connectivity index (χ1) is 15.4. The zero-order chi connectivity index (χ0) is 22.4. The molecule has 3 aromatic rings. The number of fused-ring (bicyclic) bond motifs is 3. The molecule has 0 unspecified atom stereocenters. The molecule has 0 aliphatic carbocycles. The van der Waals surface area contributed by atoms with Gasteiger partial charge in [-0.2, -0.15) is 0 Å². The third kappa shape index (κ3) is 4.09. The molecule has 2 aliphatic rings. The Morgan fingerprint density at radius 1 is 0.938 bits per heavy atom. The first-order valence-corrected chi connectivity index (χ1v) is 11.2. The monoisotopic (exact) mass is 505 g/mol. The molecule has 0 radical (unpaired) electrons. The molecule has 2 aliphatic heterocycles. The molecule has 0 atom stereocenters. The van der Waals surface area contributed by atoms with Crippen LogP contribution >= 0.6 is 46.4 Å². The Balaban J connectivity index is 1.42. The van der Waals surface area contributed by atoms with Crippen LogP contribution in [0.5, 0.6) is 11.5 Å². The average Bonchev–Trinajstić information content (AvgIpc) is 3.08. The van der Waals surface area contributed by atoms with Gasteiger partial charge in [-0.1, -0.05) is 58.5 Å². The molecule has 0 aromatic heterocycles. The van der Waals surface area contributed by atoms with Crippen LogP contribution in [0.25, 0.3) is 6.08 Å². The highest BCUT2D eigenvalue weighted by Gasteiger charge is 2.33. The molecule has 3 aromatic carbocycles. The first-order valence-electron chi connectivity index (χ1n) is 9.73. The fourth-order valence-corrected chi connectivity index (χ4v) is 4.52. The van der Waals surface area contributed by atoms with Gasteiger partial charge < -0.3 is 9.47 Å². The van der Waals surface area contributed by atoms with Crippen molar-refractivity contribution < 1.29 is 14.3 Å². The van der Waals surface area contributed by atoms with Gasteiger partial charge in [0.15, 0.2) is 5.76 Å². The summed E-state index contributed by atoms with van der Waals surface area (Å²) in [5.41, 5.74) is 2.99. The Morgan fingerprint density at radius 3 is 2.56 bits per heavy atom. The summed E-state index contributed by atoms with van der Waals surface area (Å²) in [5, 5.41) is 2.04. The fourth-order valence-electron chi connectivity index (χ4n) is 3.75. The minimum absolute atomic E-state index is 0.188. The van der Waals surface area contributed by atoms with Gasteiger partial charge in [-0.3, -0.25) is 9.69 Å². The van der Waals surface area contributed by atoms with Crippen molar-refractivity contribution in [2.75, 3.05) is 6.73 Å². The molecular formula is C24H15Cl4NO3. The van der Waals surface area contributed by atoms with E-state index < -0.39 is 0 Å². The number of halogens is 4. The zero-order valence-corrected chi connectivity index (χ0v) is 19.5. The molecule has 0 fully saturated rings. The smallest absolute Gasteiger partial charge is 0.231 e. The summed E-state index contributed by atoms with van der Waals surface area (Å²) in [6.07, 6.45) is 1.66. The standard InChI is InChI=1S/C24H15Cl4NO3/c25-15-3-2-14(19(27)9-15)10-29-11-17-21(31-12-29)6-4-16-23(30)22(32-24(16)17)8-13-1-5-18(26)20(28)7-13/h1-9H,10-12H2/b22-8-. The Morgan fingerprint density at radius 2 is 1.78 bits per heavy atom. The maximum Gasteiger partial charge on any atom is 0.231 e. The van der Waals surface area contributed by atoms with Crippen LogP contribution in [-0.4, -0.2) is 17.4 Å². The molecule has 5 rings (SSSR count). The van der Waals surface area contributed by atoms with Crippen LogP contribution in [-0.2, 0) is 13.1 Å². The lowest BCUT2D eigenvalue weighted by molar-refractivity contribution is 0.0873. The van der Waals surface area contributed by atoms with Crippen molar-refractivity contribution in [3.05, 3.63) is 96.6 Å². The van der Waals surface area contributed by atoms with Crippen LogP contribution in [0.1, 0.15) is 27.0 Å². The molecular weight excluding hydrogens is 492 g/mol. The van der Waals surface area contributed by atoms with E-state index >= 15 is 0 Å². The fraction of sp³-hybridized carbons (Fsp3) is 0.125. The van der Waals surface area contributed by atoms with Crippen molar-refractivity contribution in [2.45, 2.75) is 13.1 Å². The van der Waals surface area contributed by atoms with Crippen LogP contribution in [0.4, 0.5) is 0 Å².